The predicted molar refractivity (Wildman–Crippen MR) is 145 cm³/mol. The van der Waals surface area contributed by atoms with Crippen LogP contribution in [0.2, 0.25) is 0 Å². The van der Waals surface area contributed by atoms with Crippen LogP contribution in [0.15, 0.2) is 0 Å². The highest BCUT2D eigenvalue weighted by Gasteiger charge is 2.56. The lowest BCUT2D eigenvalue weighted by Gasteiger charge is -2.43. The van der Waals surface area contributed by atoms with E-state index < -0.39 is 0 Å². The van der Waals surface area contributed by atoms with Crippen LogP contribution >= 0.6 is 0 Å². The van der Waals surface area contributed by atoms with Crippen LogP contribution in [-0.4, -0.2) is 88.9 Å². The molecule has 4 unspecified atom stereocenters. The van der Waals surface area contributed by atoms with Crippen molar-refractivity contribution < 1.29 is 9.59 Å². The summed E-state index contributed by atoms with van der Waals surface area (Å²) in [7, 11) is 1.66. The van der Waals surface area contributed by atoms with Gasteiger partial charge in [0.2, 0.25) is 5.91 Å². The third kappa shape index (κ3) is 5.86. The molecule has 0 aromatic carbocycles. The molecule has 9 nitrogen and oxygen atoms in total. The fourth-order valence-corrected chi connectivity index (χ4v) is 7.48. The number of carbonyl (C=O) groups is 2. The van der Waals surface area contributed by atoms with Crippen LogP contribution in [0.5, 0.6) is 0 Å². The topological polar surface area (TPSA) is 83.2 Å². The van der Waals surface area contributed by atoms with Crippen LogP contribution in [0.25, 0.3) is 0 Å². The molecule has 3 N–H and O–H groups in total. The fraction of sp³-hybridized carbons (Fsp3) is 0.929. The Labute approximate surface area is 224 Å². The van der Waals surface area contributed by atoms with Crippen LogP contribution in [0.1, 0.15) is 91.9 Å². The highest BCUT2D eigenvalue weighted by molar-refractivity contribution is 5.98. The summed E-state index contributed by atoms with van der Waals surface area (Å²) in [4.78, 5) is 30.2. The minimum absolute atomic E-state index is 0.0536. The Bertz CT molecular complexity index is 818. The lowest BCUT2D eigenvalue weighted by molar-refractivity contribution is -0.138. The summed E-state index contributed by atoms with van der Waals surface area (Å²) in [5, 5.41) is 8.76. The van der Waals surface area contributed by atoms with E-state index in [1.807, 2.05) is 4.90 Å². The molecule has 2 aliphatic carbocycles. The molecule has 3 heterocycles. The molecule has 5 aliphatic rings. The first-order valence-electron chi connectivity index (χ1n) is 15.0. The standard InChI is InChI=1S/C28H51N7O2/c1-19-15-16-29-35(19)22-13-11-20(12-14-22)17-34-24(30-21-9-7-6-8-10-21)23-25(31-34)33(18-28(2,3)4)27(37)32(5)26(23)36/h19-25,29-31H,6-18H2,1-5H3. The molecule has 3 saturated heterocycles. The number of rotatable bonds is 6. The average molecular weight is 518 g/mol. The van der Waals surface area contributed by atoms with Crippen molar-refractivity contribution in [1.29, 1.82) is 0 Å². The molecule has 5 fully saturated rings. The molecule has 0 spiro atoms. The molecule has 0 aromatic rings. The van der Waals surface area contributed by atoms with Gasteiger partial charge in [-0.15, -0.1) is 0 Å². The van der Waals surface area contributed by atoms with E-state index in [9.17, 15) is 9.59 Å². The number of hydrogen-bond acceptors (Lipinski definition) is 7. The zero-order valence-electron chi connectivity index (χ0n) is 23.8. The predicted octanol–water partition coefficient (Wildman–Crippen LogP) is 3.10. The fourth-order valence-electron chi connectivity index (χ4n) is 7.48. The summed E-state index contributed by atoms with van der Waals surface area (Å²) < 4.78 is 0. The van der Waals surface area contributed by atoms with Gasteiger partial charge in [0, 0.05) is 44.8 Å². The summed E-state index contributed by atoms with van der Waals surface area (Å²) >= 11 is 0. The lowest BCUT2D eigenvalue weighted by Crippen LogP contribution is -2.65. The second-order valence-corrected chi connectivity index (χ2v) is 13.7. The van der Waals surface area contributed by atoms with Crippen molar-refractivity contribution in [2.45, 2.75) is 122 Å². The van der Waals surface area contributed by atoms with E-state index in [2.05, 4.69) is 53.9 Å². The zero-order valence-corrected chi connectivity index (χ0v) is 23.8. The third-order valence-electron chi connectivity index (χ3n) is 9.45. The lowest BCUT2D eigenvalue weighted by atomic mass is 9.85. The molecule has 3 aliphatic heterocycles. The van der Waals surface area contributed by atoms with Gasteiger partial charge in [0.15, 0.2) is 0 Å². The second kappa shape index (κ2) is 11.1. The Kier molecular flexibility index (Phi) is 8.18. The van der Waals surface area contributed by atoms with E-state index >= 15 is 0 Å². The maximum absolute atomic E-state index is 13.6. The highest BCUT2D eigenvalue weighted by atomic mass is 16.2. The maximum Gasteiger partial charge on any atom is 0.327 e. The normalized spacial score (nSPS) is 37.0. The number of nitrogens with one attached hydrogen (secondary N) is 3. The van der Waals surface area contributed by atoms with E-state index in [1.54, 1.807) is 7.05 Å². The number of imide groups is 1. The second-order valence-electron chi connectivity index (χ2n) is 13.7. The van der Waals surface area contributed by atoms with Gasteiger partial charge >= 0.3 is 6.03 Å². The Hall–Kier alpha value is -1.26. The van der Waals surface area contributed by atoms with Gasteiger partial charge in [0.05, 0.1) is 6.17 Å². The van der Waals surface area contributed by atoms with Gasteiger partial charge in [-0.05, 0) is 63.2 Å². The smallest absolute Gasteiger partial charge is 0.306 e. The van der Waals surface area contributed by atoms with Gasteiger partial charge in [-0.2, -0.15) is 0 Å². The largest absolute Gasteiger partial charge is 0.327 e. The van der Waals surface area contributed by atoms with E-state index in [4.69, 9.17) is 0 Å². The van der Waals surface area contributed by atoms with Gasteiger partial charge in [-0.1, -0.05) is 40.0 Å². The number of hydrazine groups is 2. The molecule has 0 bridgehead atoms. The van der Waals surface area contributed by atoms with Crippen molar-refractivity contribution in [3.8, 4) is 0 Å². The molecule has 210 valence electrons. The van der Waals surface area contributed by atoms with E-state index in [1.165, 1.54) is 69.1 Å². The Morgan fingerprint density at radius 3 is 2.30 bits per heavy atom. The highest BCUT2D eigenvalue weighted by Crippen LogP contribution is 2.36. The summed E-state index contributed by atoms with van der Waals surface area (Å²) in [6.45, 7) is 11.4. The van der Waals surface area contributed by atoms with Crippen LogP contribution < -0.4 is 16.2 Å². The molecule has 0 aromatic heterocycles. The number of urea groups is 1. The van der Waals surface area contributed by atoms with Crippen LogP contribution in [0.3, 0.4) is 0 Å². The van der Waals surface area contributed by atoms with Crippen molar-refractivity contribution in [2.75, 3.05) is 26.7 Å². The molecule has 3 amide bonds. The van der Waals surface area contributed by atoms with Crippen molar-refractivity contribution >= 4 is 11.9 Å². The minimum atomic E-state index is -0.294. The molecule has 0 radical (unpaired) electrons. The van der Waals surface area contributed by atoms with Gasteiger partial charge in [-0.3, -0.25) is 20.4 Å². The van der Waals surface area contributed by atoms with Gasteiger partial charge in [0.1, 0.15) is 12.1 Å². The Morgan fingerprint density at radius 1 is 0.973 bits per heavy atom. The first-order chi connectivity index (χ1) is 17.6. The molecule has 9 heteroatoms. The first-order valence-corrected chi connectivity index (χ1v) is 15.0. The van der Waals surface area contributed by atoms with Gasteiger partial charge in [0.25, 0.3) is 0 Å². The molecule has 2 saturated carbocycles. The summed E-state index contributed by atoms with van der Waals surface area (Å²) in [5.74, 6) is 0.247. The zero-order chi connectivity index (χ0) is 26.3. The molecule has 5 rings (SSSR count). The van der Waals surface area contributed by atoms with Crippen molar-refractivity contribution in [1.82, 2.24) is 36.0 Å². The number of nitrogens with zero attached hydrogens (tertiary/aromatic N) is 4. The average Bonchev–Trinajstić information content (AvgIpc) is 3.45. The SMILES string of the molecule is CC1CCNN1C1CCC(CN2NC3C(C(=O)N(C)C(=O)N3CC(C)(C)C)C2NC2CCCCC2)CC1. The van der Waals surface area contributed by atoms with Crippen molar-refractivity contribution in [3.63, 3.8) is 0 Å². The van der Waals surface area contributed by atoms with Gasteiger partial charge < -0.3 is 4.90 Å². The van der Waals surface area contributed by atoms with Crippen LogP contribution in [0.4, 0.5) is 4.79 Å². The Morgan fingerprint density at radius 2 is 1.68 bits per heavy atom. The summed E-state index contributed by atoms with van der Waals surface area (Å²) in [5.41, 5.74) is 7.27. The van der Waals surface area contributed by atoms with Crippen LogP contribution in [0, 0.1) is 17.3 Å². The van der Waals surface area contributed by atoms with Crippen molar-refractivity contribution in [2.24, 2.45) is 17.3 Å². The summed E-state index contributed by atoms with van der Waals surface area (Å²) in [6.07, 6.45) is 11.9. The number of hydrogen-bond donors (Lipinski definition) is 3. The van der Waals surface area contributed by atoms with E-state index in [0.717, 1.165) is 13.1 Å². The van der Waals surface area contributed by atoms with E-state index in [-0.39, 0.29) is 35.6 Å². The maximum atomic E-state index is 13.6. The Balaban J connectivity index is 1.32. The number of carbonyl (C=O) groups excluding carboxylic acids is 2. The molecular weight excluding hydrogens is 466 g/mol. The quantitative estimate of drug-likeness (QED) is 0.499. The molecular formula is C28H51N7O2. The third-order valence-corrected chi connectivity index (χ3v) is 9.45. The van der Waals surface area contributed by atoms with Crippen molar-refractivity contribution in [3.05, 3.63) is 0 Å². The monoisotopic (exact) mass is 517 g/mol. The van der Waals surface area contributed by atoms with Crippen LogP contribution in [-0.2, 0) is 4.79 Å². The minimum Gasteiger partial charge on any atom is -0.306 e. The molecule has 37 heavy (non-hydrogen) atoms. The van der Waals surface area contributed by atoms with E-state index in [0.29, 0.717) is 30.6 Å². The number of amides is 3. The molecule has 4 atom stereocenters. The van der Waals surface area contributed by atoms with Gasteiger partial charge in [-0.25, -0.2) is 20.2 Å². The summed E-state index contributed by atoms with van der Waals surface area (Å²) in [6, 6.07) is 1.52. The number of fused-ring (bicyclic) bond motifs is 1. The first kappa shape index (κ1) is 27.3.